The van der Waals surface area contributed by atoms with E-state index in [0.29, 0.717) is 29.7 Å². The number of Topliss-reactive ketones (excluding diaryl/α,β-unsaturated/α-hetero) is 1. The van der Waals surface area contributed by atoms with Crippen LogP contribution in [0.3, 0.4) is 0 Å². The van der Waals surface area contributed by atoms with Crippen molar-refractivity contribution in [1.29, 1.82) is 10.5 Å². The lowest BCUT2D eigenvalue weighted by molar-refractivity contribution is -0.119. The zero-order chi connectivity index (χ0) is 20.2. The zero-order valence-corrected chi connectivity index (χ0v) is 15.7. The average molecular weight is 365 g/mol. The summed E-state index contributed by atoms with van der Waals surface area (Å²) in [5, 5.41) is 26.0. The SMILES string of the molecule is CC1(C)CC(=O)C2=C(C1)OC(N)=C(C#N)C2c1ccc(C#N)cc1.CCO. The van der Waals surface area contributed by atoms with Gasteiger partial charge in [-0.15, -0.1) is 0 Å². The van der Waals surface area contributed by atoms with Gasteiger partial charge in [0.15, 0.2) is 5.78 Å². The predicted octanol–water partition coefficient (Wildman–Crippen LogP) is 3.01. The standard InChI is InChI=1S/C19H17N3O2.C2H6O/c1-19(2)7-14(23)17-15(8-19)24-18(22)13(10-21)16(17)12-5-3-11(9-20)4-6-12;1-2-3/h3-6,16H,7-8,22H2,1-2H3;3H,2H2,1H3. The van der Waals surface area contributed by atoms with Crippen molar-refractivity contribution < 1.29 is 14.6 Å². The molecule has 1 aliphatic heterocycles. The van der Waals surface area contributed by atoms with Gasteiger partial charge >= 0.3 is 0 Å². The van der Waals surface area contributed by atoms with E-state index in [2.05, 4.69) is 12.1 Å². The molecule has 0 amide bonds. The van der Waals surface area contributed by atoms with Crippen molar-refractivity contribution >= 4 is 5.78 Å². The summed E-state index contributed by atoms with van der Waals surface area (Å²) < 4.78 is 5.64. The number of aliphatic hydroxyl groups is 1. The molecule has 0 saturated carbocycles. The molecule has 0 spiro atoms. The van der Waals surface area contributed by atoms with Crippen LogP contribution in [0, 0.1) is 28.1 Å². The van der Waals surface area contributed by atoms with Crippen LogP contribution < -0.4 is 5.73 Å². The molecule has 1 aliphatic carbocycles. The molecular formula is C21H23N3O3. The van der Waals surface area contributed by atoms with Crippen LogP contribution in [0.2, 0.25) is 0 Å². The van der Waals surface area contributed by atoms with Crippen LogP contribution in [0.5, 0.6) is 0 Å². The molecular weight excluding hydrogens is 342 g/mol. The van der Waals surface area contributed by atoms with E-state index in [4.69, 9.17) is 20.8 Å². The van der Waals surface area contributed by atoms with Gasteiger partial charge < -0.3 is 15.6 Å². The van der Waals surface area contributed by atoms with Crippen molar-refractivity contribution in [2.45, 2.75) is 39.5 Å². The number of hydrogen-bond acceptors (Lipinski definition) is 6. The quantitative estimate of drug-likeness (QED) is 0.789. The summed E-state index contributed by atoms with van der Waals surface area (Å²) in [5.41, 5.74) is 7.79. The molecule has 1 unspecified atom stereocenters. The fourth-order valence-electron chi connectivity index (χ4n) is 3.37. The zero-order valence-electron chi connectivity index (χ0n) is 15.7. The summed E-state index contributed by atoms with van der Waals surface area (Å²) in [6.07, 6.45) is 1.00. The van der Waals surface area contributed by atoms with E-state index in [0.717, 1.165) is 5.56 Å². The third-order valence-corrected chi connectivity index (χ3v) is 4.45. The minimum atomic E-state index is -0.532. The van der Waals surface area contributed by atoms with E-state index in [1.54, 1.807) is 31.2 Å². The number of allylic oxidation sites excluding steroid dienone is 3. The van der Waals surface area contributed by atoms with Crippen LogP contribution >= 0.6 is 0 Å². The Hall–Kier alpha value is -3.09. The number of carbonyl (C=O) groups excluding carboxylic acids is 1. The van der Waals surface area contributed by atoms with Crippen molar-refractivity contribution in [3.05, 3.63) is 58.2 Å². The highest BCUT2D eigenvalue weighted by atomic mass is 16.5. The smallest absolute Gasteiger partial charge is 0.205 e. The van der Waals surface area contributed by atoms with Gasteiger partial charge in [-0.2, -0.15) is 10.5 Å². The number of rotatable bonds is 1. The van der Waals surface area contributed by atoms with Gasteiger partial charge in [-0.3, -0.25) is 4.79 Å². The normalized spacial score (nSPS) is 20.5. The highest BCUT2D eigenvalue weighted by Gasteiger charge is 2.42. The minimum Gasteiger partial charge on any atom is -0.444 e. The fraction of sp³-hybridized carbons (Fsp3) is 0.381. The van der Waals surface area contributed by atoms with Gasteiger partial charge in [0, 0.05) is 25.0 Å². The van der Waals surface area contributed by atoms with Crippen LogP contribution in [-0.4, -0.2) is 17.5 Å². The van der Waals surface area contributed by atoms with Gasteiger partial charge in [0.2, 0.25) is 5.88 Å². The summed E-state index contributed by atoms with van der Waals surface area (Å²) in [7, 11) is 0. The number of nitrogens with two attached hydrogens (primary N) is 1. The van der Waals surface area contributed by atoms with Crippen LogP contribution in [0.25, 0.3) is 0 Å². The second-order valence-electron chi connectivity index (χ2n) is 7.25. The predicted molar refractivity (Wildman–Crippen MR) is 99.6 cm³/mol. The largest absolute Gasteiger partial charge is 0.444 e. The summed E-state index contributed by atoms with van der Waals surface area (Å²) in [4.78, 5) is 12.8. The summed E-state index contributed by atoms with van der Waals surface area (Å²) >= 11 is 0. The number of ether oxygens (including phenoxy) is 1. The summed E-state index contributed by atoms with van der Waals surface area (Å²) in [6, 6.07) is 11.0. The first-order valence-electron chi connectivity index (χ1n) is 8.72. The van der Waals surface area contributed by atoms with Crippen LogP contribution in [0.4, 0.5) is 0 Å². The third kappa shape index (κ3) is 4.19. The fourth-order valence-corrected chi connectivity index (χ4v) is 3.37. The maximum Gasteiger partial charge on any atom is 0.205 e. The Morgan fingerprint density at radius 1 is 1.22 bits per heavy atom. The summed E-state index contributed by atoms with van der Waals surface area (Å²) in [5.74, 6) is 0.0594. The third-order valence-electron chi connectivity index (χ3n) is 4.45. The summed E-state index contributed by atoms with van der Waals surface area (Å²) in [6.45, 7) is 5.95. The number of aliphatic hydroxyl groups excluding tert-OH is 1. The molecule has 6 nitrogen and oxygen atoms in total. The van der Waals surface area contributed by atoms with E-state index < -0.39 is 5.92 Å². The Morgan fingerprint density at radius 3 is 2.33 bits per heavy atom. The van der Waals surface area contributed by atoms with E-state index in [1.165, 1.54) is 0 Å². The molecule has 0 bridgehead atoms. The number of hydrogen-bond donors (Lipinski definition) is 2. The Labute approximate surface area is 159 Å². The Morgan fingerprint density at radius 2 is 1.81 bits per heavy atom. The Bertz CT molecular complexity index is 881. The van der Waals surface area contributed by atoms with Gasteiger partial charge in [0.25, 0.3) is 0 Å². The molecule has 3 rings (SSSR count). The van der Waals surface area contributed by atoms with E-state index in [9.17, 15) is 10.1 Å². The van der Waals surface area contributed by atoms with Crippen LogP contribution in [-0.2, 0) is 9.53 Å². The molecule has 1 heterocycles. The number of nitriles is 2. The molecule has 0 saturated heterocycles. The van der Waals surface area contributed by atoms with Gasteiger partial charge in [-0.1, -0.05) is 26.0 Å². The highest BCUT2D eigenvalue weighted by Crippen LogP contribution is 2.47. The van der Waals surface area contributed by atoms with Gasteiger partial charge in [0.05, 0.1) is 17.6 Å². The second-order valence-corrected chi connectivity index (χ2v) is 7.25. The number of ketones is 1. The molecule has 140 valence electrons. The van der Waals surface area contributed by atoms with Crippen LogP contribution in [0.1, 0.15) is 50.7 Å². The average Bonchev–Trinajstić information content (AvgIpc) is 2.60. The lowest BCUT2D eigenvalue weighted by atomic mass is 9.70. The second kappa shape index (κ2) is 8.07. The number of carbonyl (C=O) groups is 1. The topological polar surface area (TPSA) is 120 Å². The minimum absolute atomic E-state index is 0.0177. The Kier molecular flexibility index (Phi) is 6.05. The molecule has 6 heteroatoms. The van der Waals surface area contributed by atoms with E-state index >= 15 is 0 Å². The lowest BCUT2D eigenvalue weighted by Gasteiger charge is -2.37. The first-order chi connectivity index (χ1) is 12.8. The lowest BCUT2D eigenvalue weighted by Crippen LogP contribution is -2.33. The number of nitrogens with zero attached hydrogens (tertiary/aromatic N) is 2. The number of benzene rings is 1. The van der Waals surface area contributed by atoms with Crippen LogP contribution in [0.15, 0.2) is 47.1 Å². The molecule has 2 aliphatic rings. The first kappa shape index (κ1) is 20.2. The monoisotopic (exact) mass is 365 g/mol. The maximum atomic E-state index is 12.8. The first-order valence-corrected chi connectivity index (χ1v) is 8.72. The van der Waals surface area contributed by atoms with Crippen molar-refractivity contribution in [2.75, 3.05) is 6.61 Å². The Balaban J connectivity index is 0.000000817. The molecule has 1 atom stereocenters. The van der Waals surface area contributed by atoms with E-state index in [-0.39, 0.29) is 29.3 Å². The van der Waals surface area contributed by atoms with Gasteiger partial charge in [0.1, 0.15) is 17.4 Å². The molecule has 27 heavy (non-hydrogen) atoms. The highest BCUT2D eigenvalue weighted by molar-refractivity contribution is 6.00. The molecule has 3 N–H and O–H groups in total. The molecule has 0 fully saturated rings. The van der Waals surface area contributed by atoms with Gasteiger partial charge in [-0.25, -0.2) is 0 Å². The van der Waals surface area contributed by atoms with Crippen molar-refractivity contribution in [3.8, 4) is 12.1 Å². The van der Waals surface area contributed by atoms with Gasteiger partial charge in [-0.05, 0) is 30.0 Å². The van der Waals surface area contributed by atoms with E-state index in [1.807, 2.05) is 13.8 Å². The molecule has 1 aromatic carbocycles. The van der Waals surface area contributed by atoms with Crippen molar-refractivity contribution in [2.24, 2.45) is 11.1 Å². The van der Waals surface area contributed by atoms with Crippen molar-refractivity contribution in [1.82, 2.24) is 0 Å². The molecule has 1 aromatic rings. The maximum absolute atomic E-state index is 12.8. The molecule has 0 aromatic heterocycles. The van der Waals surface area contributed by atoms with Crippen molar-refractivity contribution in [3.63, 3.8) is 0 Å². The molecule has 0 radical (unpaired) electrons.